The molecule has 0 unspecified atom stereocenters. The summed E-state index contributed by atoms with van der Waals surface area (Å²) in [4.78, 5) is 0. The molecule has 1 aromatic carbocycles. The standard InChI is InChI=1S/C11H17IN2.ClH/c12-10-6-4-9(5-7-10)11(14)3-1-2-8-13;/h4-7,11H,1-3,8,13-14H2;1H/t11-;/m0./s1. The van der Waals surface area contributed by atoms with Gasteiger partial charge in [0.25, 0.3) is 0 Å². The van der Waals surface area contributed by atoms with Crippen LogP contribution in [0, 0.1) is 3.57 Å². The van der Waals surface area contributed by atoms with Crippen LogP contribution in [0.1, 0.15) is 30.9 Å². The fraction of sp³-hybridized carbons (Fsp3) is 0.455. The Morgan fingerprint density at radius 1 is 1.13 bits per heavy atom. The van der Waals surface area contributed by atoms with Gasteiger partial charge in [0, 0.05) is 9.61 Å². The van der Waals surface area contributed by atoms with Gasteiger partial charge in [0.2, 0.25) is 0 Å². The van der Waals surface area contributed by atoms with E-state index in [1.165, 1.54) is 9.13 Å². The van der Waals surface area contributed by atoms with E-state index in [1.54, 1.807) is 0 Å². The maximum absolute atomic E-state index is 6.04. The molecule has 0 saturated heterocycles. The van der Waals surface area contributed by atoms with E-state index in [1.807, 2.05) is 0 Å². The van der Waals surface area contributed by atoms with Crippen molar-refractivity contribution in [3.05, 3.63) is 33.4 Å². The van der Waals surface area contributed by atoms with Crippen LogP contribution in [0.3, 0.4) is 0 Å². The van der Waals surface area contributed by atoms with Crippen molar-refractivity contribution in [1.82, 2.24) is 0 Å². The Kier molecular flexibility index (Phi) is 8.42. The molecule has 0 aliphatic carbocycles. The number of benzene rings is 1. The van der Waals surface area contributed by atoms with Crippen LogP contribution >= 0.6 is 35.0 Å². The molecule has 1 atom stereocenters. The van der Waals surface area contributed by atoms with Crippen LogP contribution in [-0.4, -0.2) is 6.54 Å². The van der Waals surface area contributed by atoms with Gasteiger partial charge in [0.1, 0.15) is 0 Å². The van der Waals surface area contributed by atoms with E-state index in [2.05, 4.69) is 46.9 Å². The number of hydrogen-bond donors (Lipinski definition) is 2. The van der Waals surface area contributed by atoms with Gasteiger partial charge in [0.05, 0.1) is 0 Å². The predicted octanol–water partition coefficient (Wildman–Crippen LogP) is 2.84. The molecular formula is C11H18ClIN2. The van der Waals surface area contributed by atoms with Crippen molar-refractivity contribution >= 4 is 35.0 Å². The van der Waals surface area contributed by atoms with E-state index in [0.717, 1.165) is 25.8 Å². The minimum atomic E-state index is 0. The van der Waals surface area contributed by atoms with Gasteiger partial charge in [-0.15, -0.1) is 12.4 Å². The smallest absolute Gasteiger partial charge is 0.0294 e. The lowest BCUT2D eigenvalue weighted by Gasteiger charge is -2.11. The first kappa shape index (κ1) is 15.2. The van der Waals surface area contributed by atoms with Crippen molar-refractivity contribution in [2.45, 2.75) is 25.3 Å². The zero-order chi connectivity index (χ0) is 10.4. The molecule has 0 radical (unpaired) electrons. The summed E-state index contributed by atoms with van der Waals surface area (Å²) in [6.45, 7) is 0.763. The number of nitrogens with two attached hydrogens (primary N) is 2. The van der Waals surface area contributed by atoms with Gasteiger partial charge in [-0.3, -0.25) is 0 Å². The van der Waals surface area contributed by atoms with Gasteiger partial charge >= 0.3 is 0 Å². The normalized spacial score (nSPS) is 11.9. The Balaban J connectivity index is 0.00000196. The van der Waals surface area contributed by atoms with Crippen LogP contribution in [0.15, 0.2) is 24.3 Å². The van der Waals surface area contributed by atoms with Crippen molar-refractivity contribution in [2.75, 3.05) is 6.54 Å². The third-order valence-electron chi connectivity index (χ3n) is 2.27. The molecular weight excluding hydrogens is 322 g/mol. The highest BCUT2D eigenvalue weighted by Crippen LogP contribution is 2.17. The first-order valence-electron chi connectivity index (χ1n) is 4.95. The Labute approximate surface area is 111 Å². The van der Waals surface area contributed by atoms with Gasteiger partial charge in [-0.05, 0) is 59.7 Å². The summed E-state index contributed by atoms with van der Waals surface area (Å²) in [6, 6.07) is 8.57. The number of rotatable bonds is 5. The fourth-order valence-corrected chi connectivity index (χ4v) is 1.74. The summed E-state index contributed by atoms with van der Waals surface area (Å²) in [5.74, 6) is 0. The first-order valence-corrected chi connectivity index (χ1v) is 6.03. The quantitative estimate of drug-likeness (QED) is 0.640. The molecule has 0 spiro atoms. The topological polar surface area (TPSA) is 52.0 Å². The molecule has 0 amide bonds. The van der Waals surface area contributed by atoms with Crippen molar-refractivity contribution in [1.29, 1.82) is 0 Å². The maximum atomic E-state index is 6.04. The molecule has 0 saturated carbocycles. The maximum Gasteiger partial charge on any atom is 0.0294 e. The lowest BCUT2D eigenvalue weighted by Crippen LogP contribution is -2.10. The number of hydrogen-bond acceptors (Lipinski definition) is 2. The molecule has 86 valence electrons. The van der Waals surface area contributed by atoms with Gasteiger partial charge in [-0.2, -0.15) is 0 Å². The van der Waals surface area contributed by atoms with E-state index in [-0.39, 0.29) is 18.4 Å². The van der Waals surface area contributed by atoms with E-state index in [9.17, 15) is 0 Å². The molecule has 0 bridgehead atoms. The minimum Gasteiger partial charge on any atom is -0.330 e. The van der Waals surface area contributed by atoms with Crippen molar-refractivity contribution in [3.8, 4) is 0 Å². The first-order chi connectivity index (χ1) is 6.74. The zero-order valence-electron chi connectivity index (χ0n) is 8.66. The van der Waals surface area contributed by atoms with E-state index in [0.29, 0.717) is 0 Å². The van der Waals surface area contributed by atoms with Gasteiger partial charge in [-0.25, -0.2) is 0 Å². The monoisotopic (exact) mass is 340 g/mol. The van der Waals surface area contributed by atoms with E-state index in [4.69, 9.17) is 11.5 Å². The average Bonchev–Trinajstić information content (AvgIpc) is 2.19. The van der Waals surface area contributed by atoms with Crippen molar-refractivity contribution in [3.63, 3.8) is 0 Å². The summed E-state index contributed by atoms with van der Waals surface area (Å²) in [5, 5.41) is 0. The van der Waals surface area contributed by atoms with Crippen LogP contribution < -0.4 is 11.5 Å². The van der Waals surface area contributed by atoms with Gasteiger partial charge in [0.15, 0.2) is 0 Å². The highest BCUT2D eigenvalue weighted by Gasteiger charge is 2.04. The van der Waals surface area contributed by atoms with Crippen molar-refractivity contribution < 1.29 is 0 Å². The fourth-order valence-electron chi connectivity index (χ4n) is 1.39. The number of halogens is 2. The van der Waals surface area contributed by atoms with E-state index < -0.39 is 0 Å². The molecule has 0 heterocycles. The lowest BCUT2D eigenvalue weighted by atomic mass is 10.0. The largest absolute Gasteiger partial charge is 0.330 e. The van der Waals surface area contributed by atoms with Crippen LogP contribution in [0.5, 0.6) is 0 Å². The van der Waals surface area contributed by atoms with Crippen LogP contribution in [-0.2, 0) is 0 Å². The summed E-state index contributed by atoms with van der Waals surface area (Å²) < 4.78 is 1.25. The molecule has 1 aromatic rings. The molecule has 0 fully saturated rings. The molecule has 0 aliphatic heterocycles. The average molecular weight is 341 g/mol. The highest BCUT2D eigenvalue weighted by atomic mass is 127. The van der Waals surface area contributed by atoms with Gasteiger partial charge in [-0.1, -0.05) is 18.6 Å². The molecule has 0 aliphatic rings. The number of unbranched alkanes of at least 4 members (excludes halogenated alkanes) is 1. The summed E-state index contributed by atoms with van der Waals surface area (Å²) in [7, 11) is 0. The second-order valence-electron chi connectivity index (χ2n) is 3.44. The molecule has 4 heteroatoms. The third kappa shape index (κ3) is 5.70. The summed E-state index contributed by atoms with van der Waals surface area (Å²) >= 11 is 2.30. The molecule has 0 aromatic heterocycles. The molecule has 15 heavy (non-hydrogen) atoms. The van der Waals surface area contributed by atoms with E-state index >= 15 is 0 Å². The SMILES string of the molecule is Cl.NCCCC[C@H](N)c1ccc(I)cc1. The Hall–Kier alpha value is 0.160. The Morgan fingerprint density at radius 2 is 1.73 bits per heavy atom. The summed E-state index contributed by atoms with van der Waals surface area (Å²) in [5.41, 5.74) is 12.7. The second-order valence-corrected chi connectivity index (χ2v) is 4.69. The Morgan fingerprint density at radius 3 is 2.27 bits per heavy atom. The second kappa shape index (κ2) is 8.33. The summed E-state index contributed by atoms with van der Waals surface area (Å²) in [6.07, 6.45) is 3.21. The Bertz CT molecular complexity index is 264. The third-order valence-corrected chi connectivity index (χ3v) is 2.99. The molecule has 2 nitrogen and oxygen atoms in total. The van der Waals surface area contributed by atoms with Crippen LogP contribution in [0.4, 0.5) is 0 Å². The minimum absolute atomic E-state index is 0. The highest BCUT2D eigenvalue weighted by molar-refractivity contribution is 14.1. The van der Waals surface area contributed by atoms with Gasteiger partial charge < -0.3 is 11.5 Å². The molecule has 4 N–H and O–H groups in total. The predicted molar refractivity (Wildman–Crippen MR) is 76.2 cm³/mol. The van der Waals surface area contributed by atoms with Crippen LogP contribution in [0.2, 0.25) is 0 Å². The lowest BCUT2D eigenvalue weighted by molar-refractivity contribution is 0.591. The zero-order valence-corrected chi connectivity index (χ0v) is 11.6. The van der Waals surface area contributed by atoms with Crippen molar-refractivity contribution in [2.24, 2.45) is 11.5 Å². The molecule has 1 rings (SSSR count). The van der Waals surface area contributed by atoms with Crippen LogP contribution in [0.25, 0.3) is 0 Å².